The molecule has 0 spiro atoms. The lowest BCUT2D eigenvalue weighted by Gasteiger charge is -2.17. The van der Waals surface area contributed by atoms with E-state index in [0.29, 0.717) is 23.8 Å². The van der Waals surface area contributed by atoms with Crippen LogP contribution in [0.2, 0.25) is 0 Å². The average Bonchev–Trinajstić information content (AvgIpc) is 3.32. The molecule has 0 bridgehead atoms. The number of halogens is 3. The maximum Gasteiger partial charge on any atom is 0.421 e. The second kappa shape index (κ2) is 7.85. The summed E-state index contributed by atoms with van der Waals surface area (Å²) in [5, 5.41) is 16.5. The average molecular weight is 432 g/mol. The zero-order valence-electron chi connectivity index (χ0n) is 16.6. The molecule has 0 saturated heterocycles. The van der Waals surface area contributed by atoms with Gasteiger partial charge in [-0.2, -0.15) is 18.2 Å². The highest BCUT2D eigenvalue weighted by Crippen LogP contribution is 2.35. The first-order valence-electron chi connectivity index (χ1n) is 9.44. The van der Waals surface area contributed by atoms with Gasteiger partial charge >= 0.3 is 6.18 Å². The lowest BCUT2D eigenvalue weighted by atomic mass is 10.1. The van der Waals surface area contributed by atoms with E-state index in [4.69, 9.17) is 0 Å². The van der Waals surface area contributed by atoms with Gasteiger partial charge in [-0.3, -0.25) is 0 Å². The van der Waals surface area contributed by atoms with Crippen molar-refractivity contribution in [2.45, 2.75) is 38.5 Å². The van der Waals surface area contributed by atoms with E-state index in [2.05, 4.69) is 41.1 Å². The Labute approximate surface area is 174 Å². The quantitative estimate of drug-likeness (QED) is 0.438. The second-order valence-electron chi connectivity index (χ2n) is 7.20. The Morgan fingerprint density at radius 1 is 1.29 bits per heavy atom. The molecule has 0 aliphatic carbocycles. The molecule has 2 unspecified atom stereocenters. The molecule has 2 aromatic heterocycles. The van der Waals surface area contributed by atoms with E-state index < -0.39 is 17.8 Å². The van der Waals surface area contributed by atoms with Gasteiger partial charge in [0.25, 0.3) is 0 Å². The fourth-order valence-corrected chi connectivity index (χ4v) is 3.27. The molecule has 0 radical (unpaired) electrons. The van der Waals surface area contributed by atoms with Crippen LogP contribution in [-0.4, -0.2) is 37.5 Å². The number of anilines is 4. The summed E-state index contributed by atoms with van der Waals surface area (Å²) in [7, 11) is 0. The molecule has 1 aromatic carbocycles. The number of carbonyl (C=O) groups is 1. The molecular weight excluding hydrogens is 413 g/mol. The Hall–Kier alpha value is -3.70. The van der Waals surface area contributed by atoms with Crippen LogP contribution in [0.1, 0.15) is 35.7 Å². The van der Waals surface area contributed by atoms with Gasteiger partial charge in [0.05, 0.1) is 12.1 Å². The van der Waals surface area contributed by atoms with Gasteiger partial charge in [0.2, 0.25) is 5.95 Å². The molecule has 12 heteroatoms. The summed E-state index contributed by atoms with van der Waals surface area (Å²) >= 11 is 0. The number of rotatable bonds is 6. The summed E-state index contributed by atoms with van der Waals surface area (Å²) in [5.41, 5.74) is 1.36. The predicted octanol–water partition coefficient (Wildman–Crippen LogP) is 3.37. The third-order valence-electron chi connectivity index (χ3n) is 4.78. The fourth-order valence-electron chi connectivity index (χ4n) is 3.27. The topological polar surface area (TPSA) is 121 Å². The van der Waals surface area contributed by atoms with Crippen LogP contribution >= 0.6 is 0 Å². The number of aromatic nitrogens is 5. The minimum Gasteiger partial charge on any atom is -0.375 e. The number of benzene rings is 1. The smallest absolute Gasteiger partial charge is 0.375 e. The largest absolute Gasteiger partial charge is 0.421 e. The predicted molar refractivity (Wildman–Crippen MR) is 107 cm³/mol. The van der Waals surface area contributed by atoms with Crippen LogP contribution in [0.25, 0.3) is 0 Å². The van der Waals surface area contributed by atoms with Gasteiger partial charge in [-0.1, -0.05) is 0 Å². The van der Waals surface area contributed by atoms with Crippen LogP contribution in [0.3, 0.4) is 0 Å². The molecule has 162 valence electrons. The van der Waals surface area contributed by atoms with Gasteiger partial charge in [0.1, 0.15) is 23.5 Å². The molecule has 1 aliphatic heterocycles. The third kappa shape index (κ3) is 4.42. The van der Waals surface area contributed by atoms with Crippen molar-refractivity contribution in [1.29, 1.82) is 0 Å². The highest BCUT2D eigenvalue weighted by Gasteiger charge is 2.36. The monoisotopic (exact) mass is 432 g/mol. The lowest BCUT2D eigenvalue weighted by molar-refractivity contribution is -0.137. The number of nitrogens with one attached hydrogen (secondary N) is 4. The van der Waals surface area contributed by atoms with Crippen LogP contribution in [-0.2, 0) is 17.4 Å². The lowest BCUT2D eigenvalue weighted by Crippen LogP contribution is -2.17. The zero-order valence-corrected chi connectivity index (χ0v) is 16.6. The summed E-state index contributed by atoms with van der Waals surface area (Å²) in [5.74, 6) is 0.548. The Bertz CT molecular complexity index is 1110. The van der Waals surface area contributed by atoms with Crippen LogP contribution in [0, 0.1) is 6.92 Å². The van der Waals surface area contributed by atoms with E-state index >= 15 is 0 Å². The van der Waals surface area contributed by atoms with Crippen molar-refractivity contribution in [1.82, 2.24) is 25.1 Å². The van der Waals surface area contributed by atoms with Crippen molar-refractivity contribution < 1.29 is 18.0 Å². The second-order valence-corrected chi connectivity index (χ2v) is 7.20. The molecule has 1 aliphatic rings. The molecule has 0 fully saturated rings. The summed E-state index contributed by atoms with van der Waals surface area (Å²) in [4.78, 5) is 21.7. The molecular formula is C19H19F3N8O. The SMILES string of the molecule is Cc1nnc(C(C)Nc2nc(Nc3ccc4c(c3)CC(C=O)N4)ncc2C(F)(F)F)[nH]1. The molecule has 2 atom stereocenters. The van der Waals surface area contributed by atoms with E-state index in [1.165, 1.54) is 0 Å². The minimum atomic E-state index is -4.64. The first-order valence-corrected chi connectivity index (χ1v) is 9.44. The number of aromatic amines is 1. The maximum absolute atomic E-state index is 13.5. The van der Waals surface area contributed by atoms with Crippen LogP contribution in [0.15, 0.2) is 24.4 Å². The van der Waals surface area contributed by atoms with Crippen molar-refractivity contribution in [3.05, 3.63) is 47.2 Å². The molecule has 3 heterocycles. The van der Waals surface area contributed by atoms with Crippen LogP contribution in [0.4, 0.5) is 36.3 Å². The normalized spacial score (nSPS) is 16.4. The Balaban J connectivity index is 1.59. The first kappa shape index (κ1) is 20.6. The molecule has 4 N–H and O–H groups in total. The van der Waals surface area contributed by atoms with Crippen molar-refractivity contribution in [2.24, 2.45) is 0 Å². The van der Waals surface area contributed by atoms with Gasteiger partial charge < -0.3 is 25.7 Å². The number of carbonyl (C=O) groups excluding carboxylic acids is 1. The van der Waals surface area contributed by atoms with E-state index in [-0.39, 0.29) is 17.8 Å². The van der Waals surface area contributed by atoms with E-state index in [0.717, 1.165) is 23.7 Å². The number of alkyl halides is 3. The highest BCUT2D eigenvalue weighted by atomic mass is 19.4. The summed E-state index contributed by atoms with van der Waals surface area (Å²) < 4.78 is 40.4. The Morgan fingerprint density at radius 3 is 2.77 bits per heavy atom. The Kier molecular flexibility index (Phi) is 5.21. The van der Waals surface area contributed by atoms with Gasteiger partial charge in [-0.15, -0.1) is 10.2 Å². The van der Waals surface area contributed by atoms with E-state index in [1.807, 2.05) is 0 Å². The van der Waals surface area contributed by atoms with Crippen LogP contribution in [0.5, 0.6) is 0 Å². The highest BCUT2D eigenvalue weighted by molar-refractivity contribution is 5.74. The Morgan fingerprint density at radius 2 is 2.10 bits per heavy atom. The summed E-state index contributed by atoms with van der Waals surface area (Å²) in [6, 6.07) is 4.44. The molecule has 9 nitrogen and oxygen atoms in total. The zero-order chi connectivity index (χ0) is 22.2. The molecule has 0 amide bonds. The number of hydrogen-bond donors (Lipinski definition) is 4. The fraction of sp³-hybridized carbons (Fsp3) is 0.316. The van der Waals surface area contributed by atoms with Crippen LogP contribution < -0.4 is 16.0 Å². The summed E-state index contributed by atoms with van der Waals surface area (Å²) in [6.07, 6.45) is -2.54. The minimum absolute atomic E-state index is 0.00528. The molecule has 31 heavy (non-hydrogen) atoms. The first-order chi connectivity index (χ1) is 14.7. The number of nitrogens with zero attached hydrogens (tertiary/aromatic N) is 4. The van der Waals surface area contributed by atoms with Gasteiger partial charge in [0.15, 0.2) is 5.82 Å². The van der Waals surface area contributed by atoms with E-state index in [9.17, 15) is 18.0 Å². The van der Waals surface area contributed by atoms with Crippen molar-refractivity contribution in [3.63, 3.8) is 0 Å². The molecule has 0 saturated carbocycles. The van der Waals surface area contributed by atoms with Crippen molar-refractivity contribution >= 4 is 29.4 Å². The van der Waals surface area contributed by atoms with E-state index in [1.54, 1.807) is 32.0 Å². The summed E-state index contributed by atoms with van der Waals surface area (Å²) in [6.45, 7) is 3.34. The third-order valence-corrected chi connectivity index (χ3v) is 4.78. The number of fused-ring (bicyclic) bond motifs is 1. The maximum atomic E-state index is 13.5. The van der Waals surface area contributed by atoms with Gasteiger partial charge in [-0.25, -0.2) is 4.98 Å². The number of aryl methyl sites for hydroxylation is 1. The number of H-pyrrole nitrogens is 1. The molecule has 4 rings (SSSR count). The van der Waals surface area contributed by atoms with Gasteiger partial charge in [-0.05, 0) is 37.6 Å². The number of aldehydes is 1. The van der Waals surface area contributed by atoms with Crippen molar-refractivity contribution in [2.75, 3.05) is 16.0 Å². The number of hydrogen-bond acceptors (Lipinski definition) is 8. The standard InChI is InChI=1S/C19H19F3N8O/c1-9(16-25-10(2)29-30-16)24-17-14(19(20,21)22)7-23-18(28-17)27-12-3-4-15-11(5-12)6-13(8-31)26-15/h3-5,7-9,13,26H,6H2,1-2H3,(H,25,29,30)(H2,23,24,27,28). The van der Waals surface area contributed by atoms with Gasteiger partial charge in [0, 0.05) is 24.0 Å². The molecule has 3 aromatic rings. The van der Waals surface area contributed by atoms with Crippen molar-refractivity contribution in [3.8, 4) is 0 Å².